The average Bonchev–Trinajstić information content (AvgIpc) is 2.91. The molecule has 0 unspecified atom stereocenters. The summed E-state index contributed by atoms with van der Waals surface area (Å²) in [6.07, 6.45) is 1.36. The van der Waals surface area contributed by atoms with E-state index in [0.717, 1.165) is 16.7 Å². The Labute approximate surface area is 174 Å². The maximum Gasteiger partial charge on any atom is 0.293 e. The lowest BCUT2D eigenvalue weighted by Gasteiger charge is -2.13. The summed E-state index contributed by atoms with van der Waals surface area (Å²) < 4.78 is 5.52. The van der Waals surface area contributed by atoms with Crippen LogP contribution in [0.2, 0.25) is 15.1 Å². The molecule has 2 amide bonds. The molecule has 0 saturated carbocycles. The van der Waals surface area contributed by atoms with Gasteiger partial charge in [-0.1, -0.05) is 53.0 Å². The minimum absolute atomic E-state index is 0.00619. The fourth-order valence-electron chi connectivity index (χ4n) is 2.32. The van der Waals surface area contributed by atoms with Gasteiger partial charge in [0.15, 0.2) is 5.75 Å². The summed E-state index contributed by atoms with van der Waals surface area (Å²) in [4.78, 5) is 25.9. The average molecular weight is 445 g/mol. The highest BCUT2D eigenvalue weighted by Gasteiger charge is 2.35. The number of para-hydroxylation sites is 1. The largest absolute Gasteiger partial charge is 0.505 e. The lowest BCUT2D eigenvalue weighted by atomic mass is 10.2. The lowest BCUT2D eigenvalue weighted by Crippen LogP contribution is -2.32. The van der Waals surface area contributed by atoms with Crippen LogP contribution in [0, 0.1) is 0 Å². The van der Waals surface area contributed by atoms with Gasteiger partial charge in [0.2, 0.25) is 0 Å². The number of ether oxygens (including phenoxy) is 1. The molecule has 1 fully saturated rings. The number of benzene rings is 2. The Balaban J connectivity index is 1.74. The summed E-state index contributed by atoms with van der Waals surface area (Å²) in [5.41, 5.74) is 0.214. The molecule has 2 aromatic rings. The normalized spacial score (nSPS) is 15.7. The van der Waals surface area contributed by atoms with Crippen molar-refractivity contribution in [3.05, 3.63) is 61.9 Å². The van der Waals surface area contributed by atoms with Crippen LogP contribution in [0.4, 0.5) is 4.79 Å². The maximum absolute atomic E-state index is 12.5. The van der Waals surface area contributed by atoms with Gasteiger partial charge in [0, 0.05) is 5.56 Å². The van der Waals surface area contributed by atoms with E-state index in [9.17, 15) is 14.7 Å². The number of imide groups is 1. The lowest BCUT2D eigenvalue weighted by molar-refractivity contribution is -0.123. The molecule has 1 heterocycles. The highest BCUT2D eigenvalue weighted by molar-refractivity contribution is 8.18. The number of phenolic OH excluding ortho intramolecular Hbond substituents is 1. The van der Waals surface area contributed by atoms with Gasteiger partial charge >= 0.3 is 0 Å². The first-order chi connectivity index (χ1) is 12.9. The molecule has 140 valence electrons. The molecule has 9 heteroatoms. The zero-order valence-electron chi connectivity index (χ0n) is 13.6. The Morgan fingerprint density at radius 3 is 2.52 bits per heavy atom. The molecule has 1 saturated heterocycles. The van der Waals surface area contributed by atoms with E-state index < -0.39 is 11.1 Å². The Morgan fingerprint density at radius 2 is 1.81 bits per heavy atom. The summed E-state index contributed by atoms with van der Waals surface area (Å²) >= 11 is 18.7. The molecule has 0 aromatic heterocycles. The van der Waals surface area contributed by atoms with Crippen molar-refractivity contribution in [2.75, 3.05) is 13.2 Å². The zero-order chi connectivity index (χ0) is 19.6. The highest BCUT2D eigenvalue weighted by Crippen LogP contribution is 2.42. The van der Waals surface area contributed by atoms with Gasteiger partial charge in [0.05, 0.1) is 26.5 Å². The van der Waals surface area contributed by atoms with E-state index in [-0.39, 0.29) is 44.4 Å². The van der Waals surface area contributed by atoms with Gasteiger partial charge in [-0.3, -0.25) is 14.5 Å². The minimum Gasteiger partial charge on any atom is -0.505 e. The number of carbonyl (C=O) groups is 2. The Hall–Kier alpha value is -1.86. The van der Waals surface area contributed by atoms with Crippen molar-refractivity contribution in [3.63, 3.8) is 0 Å². The Bertz CT molecular complexity index is 934. The molecule has 5 nitrogen and oxygen atoms in total. The van der Waals surface area contributed by atoms with E-state index in [2.05, 4.69) is 0 Å². The number of aromatic hydroxyl groups is 1. The summed E-state index contributed by atoms with van der Waals surface area (Å²) in [5, 5.41) is 9.48. The van der Waals surface area contributed by atoms with Gasteiger partial charge in [-0.25, -0.2) is 0 Å². The van der Waals surface area contributed by atoms with Crippen molar-refractivity contribution < 1.29 is 19.4 Å². The van der Waals surface area contributed by atoms with E-state index in [4.69, 9.17) is 39.5 Å². The van der Waals surface area contributed by atoms with Crippen LogP contribution in [-0.2, 0) is 4.79 Å². The molecule has 27 heavy (non-hydrogen) atoms. The van der Waals surface area contributed by atoms with Gasteiger partial charge in [-0.2, -0.15) is 0 Å². The standard InChI is InChI=1S/C18H12Cl3NO4S/c19-12-9-13(20)16(23)15(21)11(12)8-14-17(24)22(18(25)27-14)6-7-26-10-4-2-1-3-5-10/h1-5,8-9,23H,6-7H2/b14-8-. The molecule has 1 N–H and O–H groups in total. The van der Waals surface area contributed by atoms with Gasteiger partial charge < -0.3 is 9.84 Å². The summed E-state index contributed by atoms with van der Waals surface area (Å²) in [7, 11) is 0. The number of thioether (sulfide) groups is 1. The van der Waals surface area contributed by atoms with Gasteiger partial charge in [-0.05, 0) is 36.0 Å². The van der Waals surface area contributed by atoms with Gasteiger partial charge in [-0.15, -0.1) is 0 Å². The smallest absolute Gasteiger partial charge is 0.293 e. The fraction of sp³-hybridized carbons (Fsp3) is 0.111. The summed E-state index contributed by atoms with van der Waals surface area (Å²) in [5.74, 6) is -0.178. The van der Waals surface area contributed by atoms with E-state index >= 15 is 0 Å². The van der Waals surface area contributed by atoms with Gasteiger partial charge in [0.1, 0.15) is 12.4 Å². The second-order valence-electron chi connectivity index (χ2n) is 5.41. The number of amides is 2. The van der Waals surface area contributed by atoms with Gasteiger partial charge in [0.25, 0.3) is 11.1 Å². The van der Waals surface area contributed by atoms with E-state index in [1.54, 1.807) is 12.1 Å². The molecule has 0 spiro atoms. The van der Waals surface area contributed by atoms with Crippen molar-refractivity contribution in [3.8, 4) is 11.5 Å². The van der Waals surface area contributed by atoms with Crippen molar-refractivity contribution in [2.45, 2.75) is 0 Å². The number of hydrogen-bond donors (Lipinski definition) is 1. The number of phenols is 1. The number of carbonyl (C=O) groups excluding carboxylic acids is 2. The van der Waals surface area contributed by atoms with Crippen molar-refractivity contribution >= 4 is 63.8 Å². The van der Waals surface area contributed by atoms with Crippen LogP contribution >= 0.6 is 46.6 Å². The van der Waals surface area contributed by atoms with Crippen LogP contribution in [0.1, 0.15) is 5.56 Å². The van der Waals surface area contributed by atoms with Crippen LogP contribution in [0.3, 0.4) is 0 Å². The second-order valence-corrected chi connectivity index (χ2v) is 7.60. The first-order valence-electron chi connectivity index (χ1n) is 7.68. The van der Waals surface area contributed by atoms with Crippen LogP contribution < -0.4 is 4.74 Å². The molecule has 2 aromatic carbocycles. The topological polar surface area (TPSA) is 66.8 Å². The first-order valence-corrected chi connectivity index (χ1v) is 9.63. The van der Waals surface area contributed by atoms with Crippen molar-refractivity contribution in [2.24, 2.45) is 0 Å². The third-order valence-electron chi connectivity index (χ3n) is 3.66. The molecule has 3 rings (SSSR count). The monoisotopic (exact) mass is 443 g/mol. The number of rotatable bonds is 5. The summed E-state index contributed by atoms with van der Waals surface area (Å²) in [6.45, 7) is 0.267. The second kappa shape index (κ2) is 8.44. The van der Waals surface area contributed by atoms with Crippen LogP contribution in [0.15, 0.2) is 41.3 Å². The third kappa shape index (κ3) is 4.35. The molecule has 0 aliphatic carbocycles. The third-order valence-corrected chi connectivity index (χ3v) is 5.55. The molecular weight excluding hydrogens is 433 g/mol. The van der Waals surface area contributed by atoms with E-state index in [1.165, 1.54) is 12.1 Å². The van der Waals surface area contributed by atoms with Crippen molar-refractivity contribution in [1.82, 2.24) is 4.90 Å². The highest BCUT2D eigenvalue weighted by atomic mass is 35.5. The number of halogens is 3. The zero-order valence-corrected chi connectivity index (χ0v) is 16.7. The van der Waals surface area contributed by atoms with Crippen molar-refractivity contribution in [1.29, 1.82) is 0 Å². The minimum atomic E-state index is -0.483. The predicted molar refractivity (Wildman–Crippen MR) is 108 cm³/mol. The van der Waals surface area contributed by atoms with Crippen LogP contribution in [0.5, 0.6) is 11.5 Å². The molecule has 1 aliphatic heterocycles. The molecule has 1 aliphatic rings. The Morgan fingerprint density at radius 1 is 1.11 bits per heavy atom. The predicted octanol–water partition coefficient (Wildman–Crippen LogP) is 5.47. The molecular formula is C18H12Cl3NO4S. The first kappa shape index (κ1) is 19.9. The molecule has 0 bridgehead atoms. The summed E-state index contributed by atoms with van der Waals surface area (Å²) in [6, 6.07) is 10.4. The van der Waals surface area contributed by atoms with Crippen LogP contribution in [0.25, 0.3) is 6.08 Å². The number of hydrogen-bond acceptors (Lipinski definition) is 5. The van der Waals surface area contributed by atoms with E-state index in [0.29, 0.717) is 5.75 Å². The quantitative estimate of drug-likeness (QED) is 0.620. The SMILES string of the molecule is O=C1S/C(=C\c2c(Cl)cc(Cl)c(O)c2Cl)C(=O)N1CCOc1ccccc1. The molecule has 0 radical (unpaired) electrons. The fourth-order valence-corrected chi connectivity index (χ4v) is 4.04. The Kier molecular flexibility index (Phi) is 6.22. The number of nitrogens with zero attached hydrogens (tertiary/aromatic N) is 1. The maximum atomic E-state index is 12.5. The van der Waals surface area contributed by atoms with E-state index in [1.807, 2.05) is 18.2 Å². The molecule has 0 atom stereocenters. The van der Waals surface area contributed by atoms with Crippen LogP contribution in [-0.4, -0.2) is 34.3 Å².